The van der Waals surface area contributed by atoms with Crippen molar-refractivity contribution in [2.24, 2.45) is 5.92 Å². The predicted molar refractivity (Wildman–Crippen MR) is 181 cm³/mol. The number of hydrogen-bond acceptors (Lipinski definition) is 9. The second-order valence-electron chi connectivity index (χ2n) is 13.3. The molecule has 1 N–H and O–H groups in total. The summed E-state index contributed by atoms with van der Waals surface area (Å²) in [6.07, 6.45) is 6.68. The number of aromatic nitrogens is 5. The van der Waals surface area contributed by atoms with E-state index in [0.29, 0.717) is 54.0 Å². The fourth-order valence-electron chi connectivity index (χ4n) is 5.50. The van der Waals surface area contributed by atoms with Gasteiger partial charge in [0.05, 0.1) is 11.3 Å². The van der Waals surface area contributed by atoms with Crippen LogP contribution in [0.15, 0.2) is 42.9 Å². The first-order valence-corrected chi connectivity index (χ1v) is 21.1. The summed E-state index contributed by atoms with van der Waals surface area (Å²) in [5, 5.41) is 10.2. The molecule has 0 saturated carbocycles. The second-order valence-corrected chi connectivity index (χ2v) is 21.5. The molecule has 4 aromatic rings. The number of pyridine rings is 1. The Morgan fingerprint density at radius 3 is 2.59 bits per heavy atom. The Bertz CT molecular complexity index is 1760. The molecule has 236 valence electrons. The van der Waals surface area contributed by atoms with Crippen LogP contribution in [0.1, 0.15) is 32.3 Å². The molecule has 0 amide bonds. The Morgan fingerprint density at radius 1 is 1.14 bits per heavy atom. The molecule has 0 unspecified atom stereocenters. The highest BCUT2D eigenvalue weighted by molar-refractivity contribution is 7.90. The lowest BCUT2D eigenvalue weighted by molar-refractivity contribution is 0.0786. The van der Waals surface area contributed by atoms with E-state index in [0.717, 1.165) is 22.5 Å². The smallest absolute Gasteiger partial charge is 0.166 e. The second kappa shape index (κ2) is 12.7. The number of rotatable bonds is 12. The molecule has 13 heteroatoms. The third-order valence-electron chi connectivity index (χ3n) is 8.05. The minimum atomic E-state index is -3.02. The number of hydrogen-bond donors (Lipinski definition) is 1. The van der Waals surface area contributed by atoms with Gasteiger partial charge in [-0.1, -0.05) is 51.2 Å². The maximum atomic E-state index is 11.9. The van der Waals surface area contributed by atoms with E-state index in [2.05, 4.69) is 78.9 Å². The summed E-state index contributed by atoms with van der Waals surface area (Å²) in [5.41, 5.74) is 2.91. The molecule has 1 aliphatic rings. The molecule has 3 aromatic heterocycles. The van der Waals surface area contributed by atoms with Gasteiger partial charge in [0.15, 0.2) is 11.0 Å². The Labute approximate surface area is 266 Å². The standard InChI is InChI=1S/C31H42ClN7O3SSi/c1-20(2)23-8-9-27(39-16-22(21(39)3)18-43(4,40)41)25-15-34-29(14-24(23)25)35-28-10-11-33-31(36-28)26-17-38(37-30(26)32)19-42-12-13-44(5,6)7/h8-11,14-15,17,20-22H,12-13,16,18-19H2,1-7H3,(H,33,34,35,36)/t21-,22-/m1/s1. The molecule has 44 heavy (non-hydrogen) atoms. The number of halogens is 1. The topological polar surface area (TPSA) is 115 Å². The number of anilines is 3. The summed E-state index contributed by atoms with van der Waals surface area (Å²) < 4.78 is 31.2. The van der Waals surface area contributed by atoms with Gasteiger partial charge in [-0.2, -0.15) is 5.10 Å². The molecule has 1 fully saturated rings. The average molecular weight is 656 g/mol. The summed E-state index contributed by atoms with van der Waals surface area (Å²) in [4.78, 5) is 16.2. The van der Waals surface area contributed by atoms with Crippen LogP contribution in [0.2, 0.25) is 30.8 Å². The molecule has 0 bridgehead atoms. The van der Waals surface area contributed by atoms with E-state index < -0.39 is 17.9 Å². The summed E-state index contributed by atoms with van der Waals surface area (Å²) in [6.45, 7) is 15.1. The van der Waals surface area contributed by atoms with Crippen molar-refractivity contribution >= 4 is 57.6 Å². The predicted octanol–water partition coefficient (Wildman–Crippen LogP) is 6.59. The van der Waals surface area contributed by atoms with Crippen LogP contribution in [-0.4, -0.2) is 72.4 Å². The summed E-state index contributed by atoms with van der Waals surface area (Å²) >= 11 is 6.47. The Balaban J connectivity index is 1.36. The lowest BCUT2D eigenvalue weighted by atomic mass is 9.88. The number of nitrogens with one attached hydrogen (secondary N) is 1. The Kier molecular flexibility index (Phi) is 9.36. The number of sulfone groups is 1. The molecule has 0 spiro atoms. The molecule has 1 aliphatic heterocycles. The van der Waals surface area contributed by atoms with E-state index in [1.165, 1.54) is 11.8 Å². The van der Waals surface area contributed by atoms with E-state index in [-0.39, 0.29) is 17.7 Å². The maximum Gasteiger partial charge on any atom is 0.166 e. The van der Waals surface area contributed by atoms with Gasteiger partial charge in [-0.3, -0.25) is 0 Å². The molecule has 4 heterocycles. The van der Waals surface area contributed by atoms with E-state index >= 15 is 0 Å². The Hall–Kier alpha value is -3.06. The lowest BCUT2D eigenvalue weighted by Crippen LogP contribution is -2.57. The van der Waals surface area contributed by atoms with Crippen LogP contribution in [0, 0.1) is 5.92 Å². The number of ether oxygens (including phenoxy) is 1. The highest BCUT2D eigenvalue weighted by Gasteiger charge is 2.38. The fourth-order valence-corrected chi connectivity index (χ4v) is 7.64. The van der Waals surface area contributed by atoms with Crippen molar-refractivity contribution in [2.75, 3.05) is 35.4 Å². The van der Waals surface area contributed by atoms with Crippen molar-refractivity contribution in [1.82, 2.24) is 24.7 Å². The third-order valence-corrected chi connectivity index (χ3v) is 11.1. The number of nitrogens with zero attached hydrogens (tertiary/aromatic N) is 6. The van der Waals surface area contributed by atoms with E-state index in [1.807, 2.05) is 6.20 Å². The summed E-state index contributed by atoms with van der Waals surface area (Å²) in [6, 6.07) is 9.35. The Morgan fingerprint density at radius 2 is 1.91 bits per heavy atom. The first kappa shape index (κ1) is 32.3. The normalized spacial score (nSPS) is 17.3. The van der Waals surface area contributed by atoms with Crippen molar-refractivity contribution in [1.29, 1.82) is 0 Å². The molecule has 5 rings (SSSR count). The van der Waals surface area contributed by atoms with Gasteiger partial charge in [0, 0.05) is 69.1 Å². The van der Waals surface area contributed by atoms with Gasteiger partial charge in [0.1, 0.15) is 28.2 Å². The maximum absolute atomic E-state index is 11.9. The van der Waals surface area contributed by atoms with Gasteiger partial charge in [0.2, 0.25) is 0 Å². The van der Waals surface area contributed by atoms with E-state index in [1.54, 1.807) is 23.1 Å². The molecule has 1 aromatic carbocycles. The zero-order chi connectivity index (χ0) is 31.8. The molecular weight excluding hydrogens is 614 g/mol. The van der Waals surface area contributed by atoms with Crippen LogP contribution < -0.4 is 10.2 Å². The molecule has 1 saturated heterocycles. The first-order valence-electron chi connectivity index (χ1n) is 15.0. The minimum Gasteiger partial charge on any atom is -0.368 e. The highest BCUT2D eigenvalue weighted by atomic mass is 35.5. The molecule has 2 atom stereocenters. The minimum absolute atomic E-state index is 0.119. The van der Waals surface area contributed by atoms with Gasteiger partial charge < -0.3 is 15.0 Å². The monoisotopic (exact) mass is 655 g/mol. The average Bonchev–Trinajstić information content (AvgIpc) is 3.31. The highest BCUT2D eigenvalue weighted by Crippen LogP contribution is 2.39. The fraction of sp³-hybridized carbons (Fsp3) is 0.484. The van der Waals surface area contributed by atoms with Crippen molar-refractivity contribution in [2.45, 2.75) is 65.1 Å². The SMILES string of the molecule is CC(C)c1ccc(N2C[C@H](CS(C)(=O)=O)[C@H]2C)c2cnc(Nc3ccnc(-c4cn(COCC[Si](C)(C)C)nc4Cl)n3)cc12. The van der Waals surface area contributed by atoms with Gasteiger partial charge in [-0.25, -0.2) is 28.1 Å². The van der Waals surface area contributed by atoms with Crippen LogP contribution >= 0.6 is 11.6 Å². The zero-order valence-electron chi connectivity index (χ0n) is 26.5. The third kappa shape index (κ3) is 7.59. The van der Waals surface area contributed by atoms with Gasteiger partial charge >= 0.3 is 0 Å². The van der Waals surface area contributed by atoms with Crippen LogP contribution in [0.4, 0.5) is 17.3 Å². The zero-order valence-corrected chi connectivity index (χ0v) is 29.1. The first-order chi connectivity index (χ1) is 20.7. The molecular formula is C31H42ClN7O3SSi. The molecule has 0 aliphatic carbocycles. The number of benzene rings is 1. The van der Waals surface area contributed by atoms with Crippen LogP contribution in [0.5, 0.6) is 0 Å². The molecule has 10 nitrogen and oxygen atoms in total. The van der Waals surface area contributed by atoms with E-state index in [4.69, 9.17) is 26.3 Å². The van der Waals surface area contributed by atoms with E-state index in [9.17, 15) is 8.42 Å². The van der Waals surface area contributed by atoms with Crippen molar-refractivity contribution in [3.63, 3.8) is 0 Å². The molecule has 0 radical (unpaired) electrons. The number of fused-ring (bicyclic) bond motifs is 1. The van der Waals surface area contributed by atoms with Crippen molar-refractivity contribution < 1.29 is 13.2 Å². The van der Waals surface area contributed by atoms with Gasteiger partial charge in [-0.05, 0) is 48.0 Å². The van der Waals surface area contributed by atoms with Gasteiger partial charge in [-0.15, -0.1) is 0 Å². The van der Waals surface area contributed by atoms with Crippen LogP contribution in [-0.2, 0) is 21.3 Å². The largest absolute Gasteiger partial charge is 0.368 e. The van der Waals surface area contributed by atoms with Gasteiger partial charge in [0.25, 0.3) is 0 Å². The van der Waals surface area contributed by atoms with Crippen LogP contribution in [0.25, 0.3) is 22.2 Å². The van der Waals surface area contributed by atoms with Crippen LogP contribution in [0.3, 0.4) is 0 Å². The summed E-state index contributed by atoms with van der Waals surface area (Å²) in [5.74, 6) is 2.32. The summed E-state index contributed by atoms with van der Waals surface area (Å²) in [7, 11) is -4.19. The van der Waals surface area contributed by atoms with Crippen molar-refractivity contribution in [3.05, 3.63) is 53.6 Å². The van der Waals surface area contributed by atoms with Crippen molar-refractivity contribution in [3.8, 4) is 11.4 Å². The quantitative estimate of drug-likeness (QED) is 0.133. The lowest BCUT2D eigenvalue weighted by Gasteiger charge is -2.48.